The number of nitrogens with zero attached hydrogens (tertiary/aromatic N) is 2. The molecule has 0 saturated carbocycles. The number of ether oxygens (including phenoxy) is 5. The van der Waals surface area contributed by atoms with Crippen LogP contribution in [0.4, 0.5) is 0 Å². The Morgan fingerprint density at radius 3 is 1.88 bits per heavy atom. The van der Waals surface area contributed by atoms with E-state index in [0.29, 0.717) is 5.57 Å². The van der Waals surface area contributed by atoms with Gasteiger partial charge in [-0.15, -0.1) is 0 Å². The largest absolute Gasteiger partial charge is 0.462 e. The molecule has 0 N–H and O–H groups in total. The lowest BCUT2D eigenvalue weighted by Gasteiger charge is -2.44. The molecule has 6 atom stereocenters. The molecule has 14 nitrogen and oxygen atoms in total. The first-order chi connectivity index (χ1) is 18.5. The zero-order valence-electron chi connectivity index (χ0n) is 23.7. The monoisotopic (exact) mass is 568 g/mol. The molecule has 1 aliphatic carbocycles. The third kappa shape index (κ3) is 9.32. The van der Waals surface area contributed by atoms with Crippen molar-refractivity contribution in [3.63, 3.8) is 0 Å². The summed E-state index contributed by atoms with van der Waals surface area (Å²) in [6.07, 6.45) is -7.16. The summed E-state index contributed by atoms with van der Waals surface area (Å²) in [6, 6.07) is 1.91. The van der Waals surface area contributed by atoms with Crippen LogP contribution in [0, 0.1) is 27.4 Å². The first-order valence-electron chi connectivity index (χ1n) is 12.5. The van der Waals surface area contributed by atoms with Gasteiger partial charge in [0, 0.05) is 58.8 Å². The van der Waals surface area contributed by atoms with E-state index in [1.165, 1.54) is 0 Å². The molecule has 0 aromatic heterocycles. The molecule has 40 heavy (non-hydrogen) atoms. The molecule has 0 heterocycles. The van der Waals surface area contributed by atoms with Crippen molar-refractivity contribution in [2.45, 2.75) is 104 Å². The van der Waals surface area contributed by atoms with Gasteiger partial charge in [-0.25, -0.2) is 0 Å². The highest BCUT2D eigenvalue weighted by Crippen LogP contribution is 2.46. The highest BCUT2D eigenvalue weighted by atomic mass is 16.6. The molecule has 0 radical (unpaired) electrons. The number of carbonyl (C=O) groups excluding carboxylic acids is 5. The molecule has 0 saturated heterocycles. The highest BCUT2D eigenvalue weighted by Gasteiger charge is 2.60. The minimum atomic E-state index is -1.84. The SMILES string of the molecule is CC(=O)OC[C@@H](OC(C)=O)[C@@H](OC(C)=O)[C@H](OC(C)=O)[C@H](OC(C)=O)[C@H]1CC(C)=C(C)C[C@@]1(CCC#N)[N+](=O)[O-]. The van der Waals surface area contributed by atoms with Gasteiger partial charge in [-0.2, -0.15) is 5.26 Å². The molecule has 0 aromatic carbocycles. The maximum absolute atomic E-state index is 12.7. The number of carbonyl (C=O) groups is 5. The van der Waals surface area contributed by atoms with Gasteiger partial charge in [0.05, 0.1) is 12.0 Å². The van der Waals surface area contributed by atoms with Crippen molar-refractivity contribution < 1.29 is 52.6 Å². The van der Waals surface area contributed by atoms with E-state index in [9.17, 15) is 39.3 Å². The highest BCUT2D eigenvalue weighted by molar-refractivity contribution is 5.69. The van der Waals surface area contributed by atoms with Crippen LogP contribution in [0.5, 0.6) is 0 Å². The van der Waals surface area contributed by atoms with Crippen molar-refractivity contribution >= 4 is 29.8 Å². The van der Waals surface area contributed by atoms with Crippen molar-refractivity contribution in [3.05, 3.63) is 21.3 Å². The van der Waals surface area contributed by atoms with Gasteiger partial charge in [0.15, 0.2) is 24.4 Å². The Morgan fingerprint density at radius 2 is 1.43 bits per heavy atom. The molecule has 0 unspecified atom stereocenters. The summed E-state index contributed by atoms with van der Waals surface area (Å²) >= 11 is 0. The molecular formula is C26H36N2O12. The van der Waals surface area contributed by atoms with Crippen LogP contribution in [-0.4, -0.2) is 71.3 Å². The Labute approximate surface area is 232 Å². The standard InChI is InChI=1S/C26H36N2O12/c1-14-11-21(26(28(34)35,9-8-10-27)12-15(14)2)23(38-18(5)31)25(40-20(7)33)24(39-19(6)32)22(37-17(4)30)13-36-16(3)29/h21-25H,8-9,11-13H2,1-7H3/t21-,22-,23-,24-,25-,26-/m1/s1. The fourth-order valence-electron chi connectivity index (χ4n) is 4.93. The molecule has 222 valence electrons. The van der Waals surface area contributed by atoms with Crippen LogP contribution in [0.15, 0.2) is 11.1 Å². The lowest BCUT2D eigenvalue weighted by molar-refractivity contribution is -0.586. The van der Waals surface area contributed by atoms with E-state index in [0.717, 1.165) is 40.2 Å². The third-order valence-corrected chi connectivity index (χ3v) is 6.63. The van der Waals surface area contributed by atoms with Gasteiger partial charge in [0.1, 0.15) is 6.61 Å². The summed E-state index contributed by atoms with van der Waals surface area (Å²) in [6.45, 7) is 8.01. The van der Waals surface area contributed by atoms with E-state index in [-0.39, 0.29) is 25.7 Å². The topological polar surface area (TPSA) is 198 Å². The van der Waals surface area contributed by atoms with Crippen LogP contribution >= 0.6 is 0 Å². The predicted octanol–water partition coefficient (Wildman–Crippen LogP) is 2.34. The van der Waals surface area contributed by atoms with Gasteiger partial charge >= 0.3 is 29.8 Å². The molecule has 0 fully saturated rings. The molecule has 1 aliphatic rings. The zero-order chi connectivity index (χ0) is 30.8. The normalized spacial score (nSPS) is 21.5. The Bertz CT molecular complexity index is 1080. The van der Waals surface area contributed by atoms with Crippen LogP contribution in [0.2, 0.25) is 0 Å². The smallest absolute Gasteiger partial charge is 0.303 e. The maximum atomic E-state index is 12.7. The van der Waals surface area contributed by atoms with Gasteiger partial charge in [-0.05, 0) is 20.3 Å². The zero-order valence-corrected chi connectivity index (χ0v) is 23.7. The second-order valence-corrected chi connectivity index (χ2v) is 9.74. The van der Waals surface area contributed by atoms with Crippen molar-refractivity contribution in [2.75, 3.05) is 6.61 Å². The molecule has 14 heteroatoms. The van der Waals surface area contributed by atoms with Crippen LogP contribution < -0.4 is 0 Å². The fraction of sp³-hybridized carbons (Fsp3) is 0.692. The number of allylic oxidation sites excluding steroid dienone is 1. The maximum Gasteiger partial charge on any atom is 0.303 e. The number of hydrogen-bond acceptors (Lipinski definition) is 13. The minimum Gasteiger partial charge on any atom is -0.462 e. The van der Waals surface area contributed by atoms with Gasteiger partial charge in [0.25, 0.3) is 0 Å². The average Bonchev–Trinajstić information content (AvgIpc) is 2.82. The summed E-state index contributed by atoms with van der Waals surface area (Å²) in [5.74, 6) is -5.58. The van der Waals surface area contributed by atoms with Crippen LogP contribution in [0.1, 0.15) is 74.1 Å². The number of esters is 5. The molecule has 0 aromatic rings. The molecule has 0 amide bonds. The summed E-state index contributed by atoms with van der Waals surface area (Å²) < 4.78 is 26.8. The summed E-state index contributed by atoms with van der Waals surface area (Å²) in [5, 5.41) is 22.0. The molecule has 1 rings (SSSR count). The second-order valence-electron chi connectivity index (χ2n) is 9.74. The fourth-order valence-corrected chi connectivity index (χ4v) is 4.93. The van der Waals surface area contributed by atoms with E-state index < -0.39 is 77.2 Å². The van der Waals surface area contributed by atoms with Crippen LogP contribution in [0.3, 0.4) is 0 Å². The summed E-state index contributed by atoms with van der Waals surface area (Å²) in [4.78, 5) is 72.6. The van der Waals surface area contributed by atoms with E-state index in [2.05, 4.69) is 0 Å². The van der Waals surface area contributed by atoms with Gasteiger partial charge < -0.3 is 23.7 Å². The Hall–Kier alpha value is -4.02. The Balaban J connectivity index is 3.97. The first kappa shape index (κ1) is 34.0. The Kier molecular flexibility index (Phi) is 12.7. The van der Waals surface area contributed by atoms with Gasteiger partial charge in [0.2, 0.25) is 5.54 Å². The lowest BCUT2D eigenvalue weighted by atomic mass is 9.65. The van der Waals surface area contributed by atoms with Gasteiger partial charge in [-0.1, -0.05) is 11.1 Å². The molecule has 0 bridgehead atoms. The van der Waals surface area contributed by atoms with E-state index >= 15 is 0 Å². The predicted molar refractivity (Wildman–Crippen MR) is 135 cm³/mol. The van der Waals surface area contributed by atoms with E-state index in [1.54, 1.807) is 13.8 Å². The number of nitriles is 1. The van der Waals surface area contributed by atoms with E-state index in [1.807, 2.05) is 6.07 Å². The third-order valence-electron chi connectivity index (χ3n) is 6.63. The molecular weight excluding hydrogens is 532 g/mol. The van der Waals surface area contributed by atoms with Crippen molar-refractivity contribution in [2.24, 2.45) is 5.92 Å². The summed E-state index contributed by atoms with van der Waals surface area (Å²) in [5.41, 5.74) is -0.384. The lowest BCUT2D eigenvalue weighted by Crippen LogP contribution is -2.61. The average molecular weight is 569 g/mol. The van der Waals surface area contributed by atoms with Crippen LogP contribution in [-0.2, 0) is 47.7 Å². The van der Waals surface area contributed by atoms with E-state index in [4.69, 9.17) is 23.7 Å². The molecule has 0 aliphatic heterocycles. The number of hydrogen-bond donors (Lipinski definition) is 0. The quantitative estimate of drug-likeness (QED) is 0.103. The second kappa shape index (κ2) is 14.9. The summed E-state index contributed by atoms with van der Waals surface area (Å²) in [7, 11) is 0. The number of nitro groups is 1. The van der Waals surface area contributed by atoms with Gasteiger partial charge in [-0.3, -0.25) is 34.1 Å². The van der Waals surface area contributed by atoms with Crippen molar-refractivity contribution in [3.8, 4) is 6.07 Å². The molecule has 0 spiro atoms. The number of rotatable bonds is 13. The van der Waals surface area contributed by atoms with Crippen molar-refractivity contribution in [1.82, 2.24) is 0 Å². The van der Waals surface area contributed by atoms with Crippen molar-refractivity contribution in [1.29, 1.82) is 5.26 Å². The van der Waals surface area contributed by atoms with Crippen LogP contribution in [0.25, 0.3) is 0 Å². The first-order valence-corrected chi connectivity index (χ1v) is 12.5. The minimum absolute atomic E-state index is 0.00290. The Morgan fingerprint density at radius 1 is 0.900 bits per heavy atom.